The molecule has 0 bridgehead atoms. The Hall–Kier alpha value is 0.270. The molecule has 0 saturated heterocycles. The molecule has 0 aromatic rings. The normalized spacial score (nSPS) is 13.4. The van der Waals surface area contributed by atoms with E-state index in [0.717, 1.165) is 4.43 Å². The van der Waals surface area contributed by atoms with Gasteiger partial charge in [-0.2, -0.15) is 0 Å². The molecule has 1 nitrogen and oxygen atoms in total. The fourth-order valence-electron chi connectivity index (χ4n) is 0.273. The van der Waals surface area contributed by atoms with Gasteiger partial charge in [-0.25, -0.2) is 0 Å². The third kappa shape index (κ3) is 6.27. The first kappa shape index (κ1) is 7.27. The van der Waals surface area contributed by atoms with Gasteiger partial charge in [0.1, 0.15) is 0 Å². The van der Waals surface area contributed by atoms with Crippen LogP contribution in [0.15, 0.2) is 12.7 Å². The maximum atomic E-state index is 7.44. The van der Waals surface area contributed by atoms with Crippen LogP contribution in [0.5, 0.6) is 0 Å². The van der Waals surface area contributed by atoms with Crippen molar-refractivity contribution < 1.29 is 0 Å². The van der Waals surface area contributed by atoms with E-state index < -0.39 is 18.3 Å². The van der Waals surface area contributed by atoms with Crippen LogP contribution >= 0.6 is 18.3 Å². The molecule has 0 amide bonds. The van der Waals surface area contributed by atoms with E-state index in [0.29, 0.717) is 0 Å². The Balaban J connectivity index is 3.57. The summed E-state index contributed by atoms with van der Waals surface area (Å²) < 4.78 is 8.39. The van der Waals surface area contributed by atoms with Crippen LogP contribution in [0.4, 0.5) is 0 Å². The quantitative estimate of drug-likeness (QED) is 0.413. The van der Waals surface area contributed by atoms with Crippen LogP contribution in [0.25, 0.3) is 0 Å². The summed E-state index contributed by atoms with van der Waals surface area (Å²) >= 11 is -1.88. The van der Waals surface area contributed by atoms with Gasteiger partial charge >= 0.3 is 48.8 Å². The first-order valence-electron chi connectivity index (χ1n) is 2.03. The SMILES string of the molecule is C=CCI(C)(C)=N. The molecular formula is C5H12IN. The number of hydrogen-bond donors (Lipinski definition) is 1. The zero-order valence-corrected chi connectivity index (χ0v) is 7.03. The molecule has 0 heterocycles. The first-order valence-corrected chi connectivity index (χ1v) is 8.95. The van der Waals surface area contributed by atoms with Crippen molar-refractivity contribution in [3.63, 3.8) is 0 Å². The second kappa shape index (κ2) is 2.55. The first-order chi connectivity index (χ1) is 3.06. The Kier molecular flexibility index (Phi) is 2.64. The third-order valence-corrected chi connectivity index (χ3v) is 3.32. The molecule has 0 fully saturated rings. The van der Waals surface area contributed by atoms with Crippen LogP contribution in [0, 0.1) is 3.56 Å². The van der Waals surface area contributed by atoms with E-state index in [1.807, 2.05) is 15.9 Å². The molecule has 0 rings (SSSR count). The van der Waals surface area contributed by atoms with Gasteiger partial charge in [0.05, 0.1) is 0 Å². The molecule has 44 valence electrons. The molecule has 0 saturated carbocycles. The van der Waals surface area contributed by atoms with Gasteiger partial charge < -0.3 is 0 Å². The number of alkyl halides is 3. The summed E-state index contributed by atoms with van der Waals surface area (Å²) in [6, 6.07) is 0. The Morgan fingerprint density at radius 1 is 1.71 bits per heavy atom. The van der Waals surface area contributed by atoms with E-state index in [9.17, 15) is 0 Å². The molecule has 0 aromatic heterocycles. The molecule has 7 heavy (non-hydrogen) atoms. The molecule has 0 aliphatic heterocycles. The van der Waals surface area contributed by atoms with Crippen LogP contribution in [-0.2, 0) is 0 Å². The minimum absolute atomic E-state index is 0.951. The Morgan fingerprint density at radius 3 is 2.14 bits per heavy atom. The average Bonchev–Trinajstić information content (AvgIpc) is 1.30. The zero-order chi connectivity index (χ0) is 5.91. The Morgan fingerprint density at radius 2 is 2.14 bits per heavy atom. The molecule has 1 N–H and O–H groups in total. The van der Waals surface area contributed by atoms with Gasteiger partial charge in [-0.1, -0.05) is 0 Å². The van der Waals surface area contributed by atoms with Crippen molar-refractivity contribution in [2.24, 2.45) is 0 Å². The van der Waals surface area contributed by atoms with Gasteiger partial charge in [0.2, 0.25) is 0 Å². The molecule has 0 atom stereocenters. The molecule has 0 radical (unpaired) electrons. The molecule has 0 aromatic carbocycles. The molecule has 0 aliphatic rings. The van der Waals surface area contributed by atoms with Gasteiger partial charge in [-0.05, 0) is 0 Å². The number of nitrogens with one attached hydrogen (secondary N) is 1. The van der Waals surface area contributed by atoms with Crippen molar-refractivity contribution in [1.82, 2.24) is 0 Å². The van der Waals surface area contributed by atoms with Gasteiger partial charge in [-0.15, -0.1) is 0 Å². The van der Waals surface area contributed by atoms with Crippen molar-refractivity contribution in [2.75, 3.05) is 14.3 Å². The summed E-state index contributed by atoms with van der Waals surface area (Å²) in [4.78, 5) is 4.10. The van der Waals surface area contributed by atoms with Crippen molar-refractivity contribution in [1.29, 1.82) is 3.56 Å². The van der Waals surface area contributed by atoms with Crippen LogP contribution < -0.4 is 0 Å². The van der Waals surface area contributed by atoms with Crippen LogP contribution in [0.3, 0.4) is 0 Å². The standard InChI is InChI=1S/C5H12IN/c1-4-5-6(2,3)7/h4,7H,1,5H2,2-3H3. The van der Waals surface area contributed by atoms with E-state index in [4.69, 9.17) is 3.56 Å². The third-order valence-electron chi connectivity index (χ3n) is 0.495. The predicted molar refractivity (Wildman–Crippen MR) is 43.7 cm³/mol. The van der Waals surface area contributed by atoms with Crippen LogP contribution in [0.2, 0.25) is 0 Å². The minimum atomic E-state index is -1.88. The van der Waals surface area contributed by atoms with E-state index in [1.165, 1.54) is 0 Å². The fourth-order valence-corrected chi connectivity index (χ4v) is 1.83. The predicted octanol–water partition coefficient (Wildman–Crippen LogP) is 2.24. The molecule has 2 heteroatoms. The number of rotatable bonds is 2. The topological polar surface area (TPSA) is 23.9 Å². The van der Waals surface area contributed by atoms with Gasteiger partial charge in [0, 0.05) is 0 Å². The fraction of sp³-hybridized carbons (Fsp3) is 0.600. The van der Waals surface area contributed by atoms with Crippen molar-refractivity contribution in [3.05, 3.63) is 12.7 Å². The second-order valence-corrected chi connectivity index (χ2v) is 10.9. The van der Waals surface area contributed by atoms with Crippen molar-refractivity contribution >= 4 is 18.3 Å². The summed E-state index contributed by atoms with van der Waals surface area (Å²) in [6.45, 7) is 3.57. The number of allylic oxidation sites excluding steroid dienone is 1. The average molecular weight is 213 g/mol. The van der Waals surface area contributed by atoms with E-state index in [1.54, 1.807) is 0 Å². The molecule has 0 aliphatic carbocycles. The molecule has 0 unspecified atom stereocenters. The summed E-state index contributed by atoms with van der Waals surface area (Å²) in [5.41, 5.74) is 0. The van der Waals surface area contributed by atoms with Crippen molar-refractivity contribution in [3.8, 4) is 0 Å². The van der Waals surface area contributed by atoms with Gasteiger partial charge in [-0.3, -0.25) is 0 Å². The zero-order valence-electron chi connectivity index (χ0n) is 4.87. The van der Waals surface area contributed by atoms with Crippen LogP contribution in [-0.4, -0.2) is 14.3 Å². The van der Waals surface area contributed by atoms with Crippen LogP contribution in [0.1, 0.15) is 0 Å². The summed E-state index contributed by atoms with van der Waals surface area (Å²) in [5.74, 6) is 0. The summed E-state index contributed by atoms with van der Waals surface area (Å²) in [7, 11) is 0. The van der Waals surface area contributed by atoms with E-state index in [2.05, 4.69) is 6.58 Å². The summed E-state index contributed by atoms with van der Waals surface area (Å²) in [6.07, 6.45) is 1.85. The Bertz CT molecular complexity index is 101. The number of halogens is 1. The molecule has 0 spiro atoms. The van der Waals surface area contributed by atoms with E-state index in [-0.39, 0.29) is 0 Å². The van der Waals surface area contributed by atoms with Gasteiger partial charge in [0.15, 0.2) is 0 Å². The van der Waals surface area contributed by atoms with Gasteiger partial charge in [0.25, 0.3) is 0 Å². The summed E-state index contributed by atoms with van der Waals surface area (Å²) in [5, 5.41) is 0. The number of hydrogen-bond acceptors (Lipinski definition) is 1. The monoisotopic (exact) mass is 213 g/mol. The molecular weight excluding hydrogens is 201 g/mol. The second-order valence-electron chi connectivity index (χ2n) is 1.87. The van der Waals surface area contributed by atoms with Crippen molar-refractivity contribution in [2.45, 2.75) is 0 Å². The maximum absolute atomic E-state index is 7.44. The Labute approximate surface area is 49.0 Å². The van der Waals surface area contributed by atoms with E-state index >= 15 is 0 Å².